The fourth-order valence-electron chi connectivity index (χ4n) is 2.44. The number of hydrogen-bond donors (Lipinski definition) is 3. The maximum Gasteiger partial charge on any atom is 0.416 e. The topological polar surface area (TPSA) is 96.9 Å². The monoisotopic (exact) mass is 440 g/mol. The fourth-order valence-corrected chi connectivity index (χ4v) is 2.44. The van der Waals surface area contributed by atoms with E-state index in [4.69, 9.17) is 9.47 Å². The van der Waals surface area contributed by atoms with Crippen LogP contribution in [0.3, 0.4) is 0 Å². The highest BCUT2D eigenvalue weighted by atomic mass is 19.4. The molecule has 7 nitrogen and oxygen atoms in total. The zero-order valence-corrected chi connectivity index (χ0v) is 16.7. The Morgan fingerprint density at radius 1 is 1.03 bits per heavy atom. The highest BCUT2D eigenvalue weighted by molar-refractivity contribution is 5.96. The van der Waals surface area contributed by atoms with Gasteiger partial charge in [0.15, 0.2) is 0 Å². The summed E-state index contributed by atoms with van der Waals surface area (Å²) in [4.78, 5) is 23.9. The average Bonchev–Trinajstić information content (AvgIpc) is 2.75. The van der Waals surface area contributed by atoms with E-state index in [9.17, 15) is 27.9 Å². The van der Waals surface area contributed by atoms with Crippen LogP contribution >= 0.6 is 0 Å². The lowest BCUT2D eigenvalue weighted by Gasteiger charge is -2.14. The van der Waals surface area contributed by atoms with Gasteiger partial charge >= 0.3 is 6.18 Å². The highest BCUT2D eigenvalue weighted by Gasteiger charge is 2.30. The Balaban J connectivity index is 1.70. The number of alkyl halides is 3. The molecule has 0 fully saturated rings. The molecule has 0 saturated heterocycles. The lowest BCUT2D eigenvalue weighted by Crippen LogP contribution is -2.41. The Kier molecular flexibility index (Phi) is 8.68. The van der Waals surface area contributed by atoms with Gasteiger partial charge in [-0.3, -0.25) is 9.59 Å². The molecule has 2 aromatic rings. The Labute approximate surface area is 177 Å². The van der Waals surface area contributed by atoms with Crippen LogP contribution in [0.4, 0.5) is 13.2 Å². The van der Waals surface area contributed by atoms with Crippen molar-refractivity contribution in [3.8, 4) is 11.5 Å². The van der Waals surface area contributed by atoms with Gasteiger partial charge in [-0.05, 0) is 49.4 Å². The largest absolute Gasteiger partial charge is 0.494 e. The van der Waals surface area contributed by atoms with Crippen LogP contribution in [-0.4, -0.2) is 49.3 Å². The molecule has 0 aromatic heterocycles. The second kappa shape index (κ2) is 11.2. The predicted molar refractivity (Wildman–Crippen MR) is 106 cm³/mol. The number of aliphatic hydroxyl groups is 1. The first-order valence-corrected chi connectivity index (χ1v) is 9.45. The molecule has 2 rings (SSSR count). The zero-order valence-electron chi connectivity index (χ0n) is 16.7. The van der Waals surface area contributed by atoms with Gasteiger partial charge < -0.3 is 25.2 Å². The molecule has 1 unspecified atom stereocenters. The number of rotatable bonds is 10. The Morgan fingerprint density at radius 2 is 1.74 bits per heavy atom. The third kappa shape index (κ3) is 8.17. The molecule has 1 atom stereocenters. The molecule has 0 aliphatic carbocycles. The number of ether oxygens (including phenoxy) is 2. The standard InChI is InChI=1S/C21H23F3N2O5/c1-2-30-17-8-6-14(7-9-17)20(29)26-12-19(28)25-11-16(27)13-31-18-5-3-4-15(10-18)21(22,23)24/h3-10,16,27H,2,11-13H2,1H3,(H,25,28)(H,26,29). The number of carbonyl (C=O) groups is 2. The summed E-state index contributed by atoms with van der Waals surface area (Å²) in [7, 11) is 0. The number of nitrogens with one attached hydrogen (secondary N) is 2. The van der Waals surface area contributed by atoms with Gasteiger partial charge in [0, 0.05) is 12.1 Å². The molecular weight excluding hydrogens is 417 g/mol. The van der Waals surface area contributed by atoms with Gasteiger partial charge in [-0.1, -0.05) is 6.07 Å². The van der Waals surface area contributed by atoms with E-state index in [1.807, 2.05) is 6.92 Å². The van der Waals surface area contributed by atoms with E-state index >= 15 is 0 Å². The van der Waals surface area contributed by atoms with Crippen LogP contribution in [0, 0.1) is 0 Å². The molecule has 31 heavy (non-hydrogen) atoms. The minimum Gasteiger partial charge on any atom is -0.494 e. The van der Waals surface area contributed by atoms with Crippen LogP contribution in [0.5, 0.6) is 11.5 Å². The molecule has 0 spiro atoms. The van der Waals surface area contributed by atoms with Crippen LogP contribution < -0.4 is 20.1 Å². The minimum atomic E-state index is -4.50. The minimum absolute atomic E-state index is 0.0529. The van der Waals surface area contributed by atoms with Gasteiger partial charge in [0.05, 0.1) is 18.7 Å². The number of carbonyl (C=O) groups excluding carboxylic acids is 2. The van der Waals surface area contributed by atoms with Gasteiger partial charge in [-0.2, -0.15) is 13.2 Å². The Bertz CT molecular complexity index is 872. The quantitative estimate of drug-likeness (QED) is 0.527. The van der Waals surface area contributed by atoms with E-state index in [0.29, 0.717) is 17.9 Å². The van der Waals surface area contributed by atoms with E-state index in [-0.39, 0.29) is 25.4 Å². The fraction of sp³-hybridized carbons (Fsp3) is 0.333. The van der Waals surface area contributed by atoms with Crippen molar-refractivity contribution < 1.29 is 37.3 Å². The second-order valence-electron chi connectivity index (χ2n) is 6.43. The molecule has 0 bridgehead atoms. The van der Waals surface area contributed by atoms with Gasteiger partial charge in [-0.25, -0.2) is 0 Å². The third-order valence-corrected chi connectivity index (χ3v) is 3.98. The maximum absolute atomic E-state index is 12.7. The van der Waals surface area contributed by atoms with Crippen LogP contribution in [-0.2, 0) is 11.0 Å². The van der Waals surface area contributed by atoms with Crippen LogP contribution in [0.2, 0.25) is 0 Å². The predicted octanol–water partition coefficient (Wildman–Crippen LogP) is 2.39. The number of benzene rings is 2. The zero-order chi connectivity index (χ0) is 22.9. The van der Waals surface area contributed by atoms with E-state index in [1.165, 1.54) is 12.1 Å². The van der Waals surface area contributed by atoms with Crippen LogP contribution in [0.15, 0.2) is 48.5 Å². The maximum atomic E-state index is 12.7. The Hall–Kier alpha value is -3.27. The molecule has 2 amide bonds. The average molecular weight is 440 g/mol. The van der Waals surface area contributed by atoms with Crippen molar-refractivity contribution in [3.05, 3.63) is 59.7 Å². The summed E-state index contributed by atoms with van der Waals surface area (Å²) >= 11 is 0. The molecule has 0 aliphatic heterocycles. The Morgan fingerprint density at radius 3 is 2.39 bits per heavy atom. The van der Waals surface area contributed by atoms with E-state index < -0.39 is 29.7 Å². The van der Waals surface area contributed by atoms with Crippen LogP contribution in [0.25, 0.3) is 0 Å². The smallest absolute Gasteiger partial charge is 0.416 e. The van der Waals surface area contributed by atoms with Gasteiger partial charge in [-0.15, -0.1) is 0 Å². The van der Waals surface area contributed by atoms with Crippen LogP contribution in [0.1, 0.15) is 22.8 Å². The molecule has 0 aliphatic rings. The van der Waals surface area contributed by atoms with Crippen molar-refractivity contribution in [1.29, 1.82) is 0 Å². The normalized spacial score (nSPS) is 12.0. The summed E-state index contributed by atoms with van der Waals surface area (Å²) in [5, 5.41) is 14.7. The van der Waals surface area contributed by atoms with Crippen molar-refractivity contribution in [2.75, 3.05) is 26.3 Å². The summed E-state index contributed by atoms with van der Waals surface area (Å²) in [5.41, 5.74) is -0.512. The summed E-state index contributed by atoms with van der Waals surface area (Å²) in [6.07, 6.45) is -5.65. The molecule has 168 valence electrons. The SMILES string of the molecule is CCOc1ccc(C(=O)NCC(=O)NCC(O)COc2cccc(C(F)(F)F)c2)cc1. The molecular formula is C21H23F3N2O5. The molecule has 3 N–H and O–H groups in total. The number of hydrogen-bond acceptors (Lipinski definition) is 5. The lowest BCUT2D eigenvalue weighted by atomic mass is 10.2. The first-order chi connectivity index (χ1) is 14.7. The third-order valence-electron chi connectivity index (χ3n) is 3.98. The van der Waals surface area contributed by atoms with E-state index in [1.54, 1.807) is 24.3 Å². The van der Waals surface area contributed by atoms with E-state index in [2.05, 4.69) is 10.6 Å². The van der Waals surface area contributed by atoms with Gasteiger partial charge in [0.25, 0.3) is 5.91 Å². The first-order valence-electron chi connectivity index (χ1n) is 9.45. The molecule has 0 heterocycles. The van der Waals surface area contributed by atoms with E-state index in [0.717, 1.165) is 12.1 Å². The number of amides is 2. The summed E-state index contributed by atoms with van der Waals surface area (Å²) < 4.78 is 48.4. The molecule has 10 heteroatoms. The number of halogens is 3. The molecule has 2 aromatic carbocycles. The molecule has 0 radical (unpaired) electrons. The van der Waals surface area contributed by atoms with Gasteiger partial charge in [0.1, 0.15) is 24.2 Å². The summed E-state index contributed by atoms with van der Waals surface area (Å²) in [5.74, 6) is -0.426. The highest BCUT2D eigenvalue weighted by Crippen LogP contribution is 2.31. The van der Waals surface area contributed by atoms with Gasteiger partial charge in [0.2, 0.25) is 5.91 Å². The van der Waals surface area contributed by atoms with Crippen molar-refractivity contribution in [2.24, 2.45) is 0 Å². The number of aliphatic hydroxyl groups excluding tert-OH is 1. The second-order valence-corrected chi connectivity index (χ2v) is 6.43. The van der Waals surface area contributed by atoms with Crippen molar-refractivity contribution in [3.63, 3.8) is 0 Å². The lowest BCUT2D eigenvalue weighted by molar-refractivity contribution is -0.137. The molecule has 0 saturated carbocycles. The van der Waals surface area contributed by atoms with Crippen molar-refractivity contribution in [2.45, 2.75) is 19.2 Å². The summed E-state index contributed by atoms with van der Waals surface area (Å²) in [6.45, 7) is 1.51. The summed E-state index contributed by atoms with van der Waals surface area (Å²) in [6, 6.07) is 10.7. The first kappa shape index (κ1) is 24.0. The van der Waals surface area contributed by atoms with Crippen molar-refractivity contribution in [1.82, 2.24) is 10.6 Å². The van der Waals surface area contributed by atoms with Crippen molar-refractivity contribution >= 4 is 11.8 Å².